The van der Waals surface area contributed by atoms with Crippen LogP contribution in [0, 0.1) is 11.3 Å². The lowest BCUT2D eigenvalue weighted by molar-refractivity contribution is -0.883. The maximum atomic E-state index is 12.4. The first-order valence-corrected chi connectivity index (χ1v) is 9.49. The number of thiophene rings is 1. The number of carbonyl (C=O) groups excluding carboxylic acids is 2. The molecule has 0 spiro atoms. The number of hydrogen-bond donors (Lipinski definition) is 3. The third kappa shape index (κ3) is 6.09. The summed E-state index contributed by atoms with van der Waals surface area (Å²) in [5.41, 5.74) is 1.04. The molecule has 1 aromatic heterocycles. The summed E-state index contributed by atoms with van der Waals surface area (Å²) in [4.78, 5) is 25.6. The molecule has 0 radical (unpaired) electrons. The second kappa shape index (κ2) is 10.3. The smallest absolute Gasteiger partial charge is 0.280 e. The molecule has 0 aliphatic rings. The van der Waals surface area contributed by atoms with Crippen LogP contribution < -0.4 is 20.3 Å². The van der Waals surface area contributed by atoms with Crippen LogP contribution in [0.2, 0.25) is 0 Å². The van der Waals surface area contributed by atoms with E-state index in [4.69, 9.17) is 10.00 Å². The molecular formula is C19H23N4O3S+. The summed E-state index contributed by atoms with van der Waals surface area (Å²) in [6.45, 7) is 3.00. The van der Waals surface area contributed by atoms with E-state index in [1.165, 1.54) is 11.3 Å². The summed E-state index contributed by atoms with van der Waals surface area (Å²) in [5, 5.41) is 16.9. The molecular weight excluding hydrogens is 364 g/mol. The van der Waals surface area contributed by atoms with Gasteiger partial charge in [0.2, 0.25) is 0 Å². The van der Waals surface area contributed by atoms with Gasteiger partial charge in [-0.05, 0) is 30.0 Å². The van der Waals surface area contributed by atoms with E-state index < -0.39 is 0 Å². The van der Waals surface area contributed by atoms with Crippen molar-refractivity contribution in [1.82, 2.24) is 0 Å². The van der Waals surface area contributed by atoms with Gasteiger partial charge in [-0.1, -0.05) is 19.1 Å². The minimum absolute atomic E-state index is 0.149. The second-order valence-corrected chi connectivity index (χ2v) is 6.84. The monoisotopic (exact) mass is 387 g/mol. The summed E-state index contributed by atoms with van der Waals surface area (Å²) in [7, 11) is 1.55. The first kappa shape index (κ1) is 20.4. The molecule has 0 bridgehead atoms. The molecule has 27 heavy (non-hydrogen) atoms. The number of nitriles is 1. The molecule has 0 saturated carbocycles. The van der Waals surface area contributed by atoms with E-state index in [0.717, 1.165) is 11.3 Å². The van der Waals surface area contributed by atoms with E-state index in [9.17, 15) is 9.59 Å². The Morgan fingerprint density at radius 3 is 2.56 bits per heavy atom. The van der Waals surface area contributed by atoms with Crippen molar-refractivity contribution in [1.29, 1.82) is 5.26 Å². The van der Waals surface area contributed by atoms with Gasteiger partial charge in [0.05, 0.1) is 24.9 Å². The van der Waals surface area contributed by atoms with Crippen molar-refractivity contribution in [2.24, 2.45) is 0 Å². The number of rotatable bonds is 9. The molecule has 0 saturated heterocycles. The van der Waals surface area contributed by atoms with Crippen LogP contribution in [0.1, 0.15) is 18.9 Å². The van der Waals surface area contributed by atoms with Gasteiger partial charge in [-0.2, -0.15) is 5.26 Å². The molecule has 0 fully saturated rings. The lowest BCUT2D eigenvalue weighted by atomic mass is 10.3. The average Bonchev–Trinajstić information content (AvgIpc) is 3.09. The first-order chi connectivity index (χ1) is 13.1. The van der Waals surface area contributed by atoms with E-state index in [1.54, 1.807) is 30.7 Å². The van der Waals surface area contributed by atoms with Gasteiger partial charge in [-0.25, -0.2) is 0 Å². The Labute approximate surface area is 162 Å². The number of anilines is 2. The average molecular weight is 387 g/mol. The van der Waals surface area contributed by atoms with Gasteiger partial charge < -0.3 is 20.3 Å². The summed E-state index contributed by atoms with van der Waals surface area (Å²) in [6.07, 6.45) is 0.840. The molecule has 2 amide bonds. The topological polar surface area (TPSA) is 95.7 Å². The Bertz CT molecular complexity index is 828. The minimum atomic E-state index is -0.220. The van der Waals surface area contributed by atoms with Crippen LogP contribution in [-0.4, -0.2) is 38.6 Å². The number of methoxy groups -OCH3 is 1. The Morgan fingerprint density at radius 1 is 1.19 bits per heavy atom. The second-order valence-electron chi connectivity index (χ2n) is 5.93. The molecule has 1 atom stereocenters. The Morgan fingerprint density at radius 2 is 1.89 bits per heavy atom. The number of carbonyl (C=O) groups is 2. The fourth-order valence-electron chi connectivity index (χ4n) is 2.65. The molecule has 1 aromatic carbocycles. The Kier molecular flexibility index (Phi) is 7.79. The number of benzene rings is 1. The highest BCUT2D eigenvalue weighted by molar-refractivity contribution is 7.14. The molecule has 7 nitrogen and oxygen atoms in total. The minimum Gasteiger partial charge on any atom is -0.495 e. The fraction of sp³-hybridized carbons (Fsp3) is 0.316. The first-order valence-electron chi connectivity index (χ1n) is 8.61. The number of nitrogens with zero attached hydrogens (tertiary/aromatic N) is 1. The predicted molar refractivity (Wildman–Crippen MR) is 105 cm³/mol. The number of nitrogens with one attached hydrogen (secondary N) is 3. The maximum Gasteiger partial charge on any atom is 0.280 e. The fourth-order valence-corrected chi connectivity index (χ4v) is 3.41. The summed E-state index contributed by atoms with van der Waals surface area (Å²) < 4.78 is 5.23. The lowest BCUT2D eigenvalue weighted by Crippen LogP contribution is -3.14. The van der Waals surface area contributed by atoms with Crippen molar-refractivity contribution in [3.8, 4) is 11.8 Å². The van der Waals surface area contributed by atoms with Crippen molar-refractivity contribution >= 4 is 33.8 Å². The van der Waals surface area contributed by atoms with Gasteiger partial charge >= 0.3 is 0 Å². The number of hydrogen-bond acceptors (Lipinski definition) is 5. The Hall–Kier alpha value is -2.89. The molecule has 0 aliphatic carbocycles. The molecule has 0 aliphatic heterocycles. The predicted octanol–water partition coefficient (Wildman–Crippen LogP) is 1.50. The molecule has 3 N–H and O–H groups in total. The highest BCUT2D eigenvalue weighted by Gasteiger charge is 2.19. The van der Waals surface area contributed by atoms with Crippen molar-refractivity contribution in [2.45, 2.75) is 13.3 Å². The van der Waals surface area contributed by atoms with Crippen LogP contribution in [0.3, 0.4) is 0 Å². The normalized spacial score (nSPS) is 11.3. The zero-order valence-corrected chi connectivity index (χ0v) is 16.2. The standard InChI is InChI=1S/C19H22N4O3S/c1-3-9-23(13-18(25)22-19-14(11-20)8-10-27-19)12-17(24)21-15-6-4-5-7-16(15)26-2/h4-8,10H,3,9,12-13H2,1-2H3,(H,21,24)(H,22,25)/p+1. The van der Waals surface area contributed by atoms with Gasteiger partial charge in [0.25, 0.3) is 11.8 Å². The molecule has 1 heterocycles. The van der Waals surface area contributed by atoms with Crippen LogP contribution in [-0.2, 0) is 9.59 Å². The molecule has 2 aromatic rings. The van der Waals surface area contributed by atoms with Crippen molar-refractivity contribution in [3.63, 3.8) is 0 Å². The van der Waals surface area contributed by atoms with E-state index >= 15 is 0 Å². The highest BCUT2D eigenvalue weighted by atomic mass is 32.1. The maximum absolute atomic E-state index is 12.4. The van der Waals surface area contributed by atoms with E-state index in [1.807, 2.05) is 25.1 Å². The molecule has 2 rings (SSSR count). The van der Waals surface area contributed by atoms with Crippen LogP contribution in [0.15, 0.2) is 35.7 Å². The largest absolute Gasteiger partial charge is 0.495 e. The van der Waals surface area contributed by atoms with E-state index in [2.05, 4.69) is 10.6 Å². The van der Waals surface area contributed by atoms with Gasteiger partial charge in [-0.3, -0.25) is 9.59 Å². The van der Waals surface area contributed by atoms with Gasteiger partial charge in [0.1, 0.15) is 16.8 Å². The highest BCUT2D eigenvalue weighted by Crippen LogP contribution is 2.23. The van der Waals surface area contributed by atoms with E-state index in [0.29, 0.717) is 28.5 Å². The zero-order chi connectivity index (χ0) is 19.6. The third-order valence-corrected chi connectivity index (χ3v) is 4.67. The van der Waals surface area contributed by atoms with Crippen LogP contribution in [0.4, 0.5) is 10.7 Å². The molecule has 142 valence electrons. The number of para-hydroxylation sites is 2. The van der Waals surface area contributed by atoms with Crippen molar-refractivity contribution in [3.05, 3.63) is 41.3 Å². The van der Waals surface area contributed by atoms with Crippen molar-refractivity contribution in [2.75, 3.05) is 37.4 Å². The summed E-state index contributed by atoms with van der Waals surface area (Å²) in [5.74, 6) is 0.175. The summed E-state index contributed by atoms with van der Waals surface area (Å²) in [6, 6.07) is 10.9. The van der Waals surface area contributed by atoms with Crippen LogP contribution in [0.25, 0.3) is 0 Å². The lowest BCUT2D eigenvalue weighted by Gasteiger charge is -2.18. The van der Waals surface area contributed by atoms with Gasteiger partial charge in [0.15, 0.2) is 13.1 Å². The number of quaternary nitrogens is 1. The van der Waals surface area contributed by atoms with Gasteiger partial charge in [0, 0.05) is 0 Å². The quantitative estimate of drug-likeness (QED) is 0.608. The number of amides is 2. The van der Waals surface area contributed by atoms with Crippen LogP contribution >= 0.6 is 11.3 Å². The number of ether oxygens (including phenoxy) is 1. The zero-order valence-electron chi connectivity index (χ0n) is 15.4. The summed E-state index contributed by atoms with van der Waals surface area (Å²) >= 11 is 1.31. The SMILES string of the molecule is CCC[NH+](CC(=O)Nc1ccccc1OC)CC(=O)Nc1sccc1C#N. The van der Waals surface area contributed by atoms with Crippen LogP contribution in [0.5, 0.6) is 5.75 Å². The van der Waals surface area contributed by atoms with Gasteiger partial charge in [-0.15, -0.1) is 11.3 Å². The van der Waals surface area contributed by atoms with E-state index in [-0.39, 0.29) is 24.9 Å². The molecule has 8 heteroatoms. The third-order valence-electron chi connectivity index (χ3n) is 3.84. The van der Waals surface area contributed by atoms with Crippen molar-refractivity contribution < 1.29 is 19.2 Å². The Balaban J connectivity index is 1.95. The molecule has 1 unspecified atom stereocenters.